The average Bonchev–Trinajstić information content (AvgIpc) is 2.36. The molecule has 0 saturated carbocycles. The van der Waals surface area contributed by atoms with Gasteiger partial charge in [-0.3, -0.25) is 0 Å². The third-order valence-electron chi connectivity index (χ3n) is 2.64. The molecule has 0 radical (unpaired) electrons. The highest BCUT2D eigenvalue weighted by molar-refractivity contribution is 7.98. The van der Waals surface area contributed by atoms with Gasteiger partial charge in [-0.05, 0) is 24.0 Å². The Kier molecular flexibility index (Phi) is 4.20. The summed E-state index contributed by atoms with van der Waals surface area (Å²) in [5.74, 6) is 1.82. The van der Waals surface area contributed by atoms with Gasteiger partial charge in [-0.25, -0.2) is 0 Å². The molecular formula is C13H17N3S. The van der Waals surface area contributed by atoms with Crippen molar-refractivity contribution in [2.45, 2.75) is 6.92 Å². The number of anilines is 1. The molecule has 1 aromatic carbocycles. The van der Waals surface area contributed by atoms with Crippen LogP contribution >= 0.6 is 11.8 Å². The van der Waals surface area contributed by atoms with Crippen LogP contribution in [0, 0.1) is 5.92 Å². The third-order valence-corrected chi connectivity index (χ3v) is 3.54. The summed E-state index contributed by atoms with van der Waals surface area (Å²) >= 11 is 1.88. The summed E-state index contributed by atoms with van der Waals surface area (Å²) in [6.45, 7) is 3.22. The van der Waals surface area contributed by atoms with E-state index in [4.69, 9.17) is 0 Å². The van der Waals surface area contributed by atoms with Gasteiger partial charge in [0.25, 0.3) is 0 Å². The highest BCUT2D eigenvalue weighted by Gasteiger charge is 2.04. The molecule has 0 aliphatic rings. The molecule has 1 heterocycles. The van der Waals surface area contributed by atoms with Crippen LogP contribution in [0.15, 0.2) is 30.5 Å². The molecule has 1 unspecified atom stereocenters. The maximum atomic E-state index is 4.11. The summed E-state index contributed by atoms with van der Waals surface area (Å²) in [4.78, 5) is 0. The summed E-state index contributed by atoms with van der Waals surface area (Å²) in [6, 6.07) is 8.07. The summed E-state index contributed by atoms with van der Waals surface area (Å²) in [5.41, 5.74) is 2.01. The van der Waals surface area contributed by atoms with Gasteiger partial charge < -0.3 is 5.32 Å². The van der Waals surface area contributed by atoms with Gasteiger partial charge in [0, 0.05) is 11.9 Å². The molecule has 0 aliphatic heterocycles. The molecule has 3 nitrogen and oxygen atoms in total. The minimum absolute atomic E-state index is 0.650. The van der Waals surface area contributed by atoms with E-state index >= 15 is 0 Å². The second-order valence-corrected chi connectivity index (χ2v) is 5.13. The third kappa shape index (κ3) is 3.09. The first-order chi connectivity index (χ1) is 8.31. The molecule has 2 aromatic rings. The Morgan fingerprint density at radius 1 is 1.35 bits per heavy atom. The second kappa shape index (κ2) is 5.87. The average molecular weight is 247 g/mol. The van der Waals surface area contributed by atoms with Crippen LogP contribution in [0.5, 0.6) is 0 Å². The zero-order valence-corrected chi connectivity index (χ0v) is 11.0. The lowest BCUT2D eigenvalue weighted by atomic mass is 10.2. The molecule has 1 N–H and O–H groups in total. The van der Waals surface area contributed by atoms with E-state index in [0.717, 1.165) is 23.1 Å². The number of rotatable bonds is 5. The molecule has 0 saturated heterocycles. The molecule has 0 spiro atoms. The van der Waals surface area contributed by atoms with Crippen molar-refractivity contribution < 1.29 is 0 Å². The van der Waals surface area contributed by atoms with Crippen LogP contribution in [0.3, 0.4) is 0 Å². The maximum absolute atomic E-state index is 4.11. The molecular weight excluding hydrogens is 230 g/mol. The Labute approximate surface area is 106 Å². The fourth-order valence-electron chi connectivity index (χ4n) is 1.78. The largest absolute Gasteiger partial charge is 0.383 e. The lowest BCUT2D eigenvalue weighted by Crippen LogP contribution is -2.13. The standard InChI is InChI=1S/C13H17N3S/c1-10(9-17-2)7-14-13-8-15-16-12-6-4-3-5-11(12)13/h3-6,8,10H,7,9H2,1-2H3,(H,14,16). The van der Waals surface area contributed by atoms with Crippen molar-refractivity contribution in [3.8, 4) is 0 Å². The van der Waals surface area contributed by atoms with E-state index in [9.17, 15) is 0 Å². The van der Waals surface area contributed by atoms with Crippen LogP contribution in [-0.4, -0.2) is 28.8 Å². The van der Waals surface area contributed by atoms with E-state index in [2.05, 4.69) is 34.8 Å². The second-order valence-electron chi connectivity index (χ2n) is 4.22. The van der Waals surface area contributed by atoms with E-state index in [1.807, 2.05) is 30.0 Å². The summed E-state index contributed by atoms with van der Waals surface area (Å²) in [5, 5.41) is 12.7. The van der Waals surface area contributed by atoms with Crippen LogP contribution in [0.4, 0.5) is 5.69 Å². The lowest BCUT2D eigenvalue weighted by molar-refractivity contribution is 0.701. The predicted molar refractivity (Wildman–Crippen MR) is 75.6 cm³/mol. The van der Waals surface area contributed by atoms with Crippen LogP contribution in [0.2, 0.25) is 0 Å². The summed E-state index contributed by atoms with van der Waals surface area (Å²) < 4.78 is 0. The number of hydrogen-bond donors (Lipinski definition) is 1. The van der Waals surface area contributed by atoms with Crippen LogP contribution in [0.1, 0.15) is 6.92 Å². The molecule has 1 atom stereocenters. The number of benzene rings is 1. The van der Waals surface area contributed by atoms with Crippen LogP contribution in [0.25, 0.3) is 10.9 Å². The Morgan fingerprint density at radius 3 is 3.00 bits per heavy atom. The number of nitrogens with one attached hydrogen (secondary N) is 1. The van der Waals surface area contributed by atoms with E-state index in [1.54, 1.807) is 6.20 Å². The molecule has 1 aromatic heterocycles. The normalized spacial score (nSPS) is 12.6. The number of fused-ring (bicyclic) bond motifs is 1. The predicted octanol–water partition coefficient (Wildman–Crippen LogP) is 3.04. The van der Waals surface area contributed by atoms with Crippen molar-refractivity contribution >= 4 is 28.4 Å². The zero-order chi connectivity index (χ0) is 12.1. The van der Waals surface area contributed by atoms with E-state index in [-0.39, 0.29) is 0 Å². The van der Waals surface area contributed by atoms with Crippen molar-refractivity contribution in [3.05, 3.63) is 30.5 Å². The van der Waals surface area contributed by atoms with Crippen molar-refractivity contribution in [1.82, 2.24) is 10.2 Å². The van der Waals surface area contributed by atoms with Crippen LogP contribution in [-0.2, 0) is 0 Å². The molecule has 0 aliphatic carbocycles. The topological polar surface area (TPSA) is 37.8 Å². The monoisotopic (exact) mass is 247 g/mol. The van der Waals surface area contributed by atoms with Crippen molar-refractivity contribution in [1.29, 1.82) is 0 Å². The number of aromatic nitrogens is 2. The van der Waals surface area contributed by atoms with Gasteiger partial charge in [-0.2, -0.15) is 22.0 Å². The smallest absolute Gasteiger partial charge is 0.0950 e. The van der Waals surface area contributed by atoms with Gasteiger partial charge >= 0.3 is 0 Å². The Bertz CT molecular complexity index is 482. The zero-order valence-electron chi connectivity index (χ0n) is 10.2. The highest BCUT2D eigenvalue weighted by atomic mass is 32.2. The number of nitrogens with zero attached hydrogens (tertiary/aromatic N) is 2. The van der Waals surface area contributed by atoms with Gasteiger partial charge in [0.2, 0.25) is 0 Å². The molecule has 90 valence electrons. The molecule has 0 bridgehead atoms. The van der Waals surface area contributed by atoms with Gasteiger partial charge in [0.15, 0.2) is 0 Å². The quantitative estimate of drug-likeness (QED) is 0.881. The van der Waals surface area contributed by atoms with Crippen molar-refractivity contribution in [3.63, 3.8) is 0 Å². The molecule has 0 fully saturated rings. The Hall–Kier alpha value is -1.29. The minimum Gasteiger partial charge on any atom is -0.383 e. The van der Waals surface area contributed by atoms with E-state index < -0.39 is 0 Å². The Balaban J connectivity index is 2.13. The number of hydrogen-bond acceptors (Lipinski definition) is 4. The first-order valence-electron chi connectivity index (χ1n) is 5.74. The van der Waals surface area contributed by atoms with Gasteiger partial charge in [0.05, 0.1) is 17.4 Å². The molecule has 2 rings (SSSR count). The van der Waals surface area contributed by atoms with Gasteiger partial charge in [-0.1, -0.05) is 25.1 Å². The summed E-state index contributed by atoms with van der Waals surface area (Å²) in [6.07, 6.45) is 3.94. The lowest BCUT2D eigenvalue weighted by Gasteiger charge is -2.13. The fourth-order valence-corrected chi connectivity index (χ4v) is 2.46. The van der Waals surface area contributed by atoms with Crippen molar-refractivity contribution in [2.75, 3.05) is 23.9 Å². The molecule has 4 heteroatoms. The first kappa shape index (κ1) is 12.2. The number of thioether (sulfide) groups is 1. The summed E-state index contributed by atoms with van der Waals surface area (Å²) in [7, 11) is 0. The fraction of sp³-hybridized carbons (Fsp3) is 0.385. The highest BCUT2D eigenvalue weighted by Crippen LogP contribution is 2.20. The van der Waals surface area contributed by atoms with E-state index in [1.165, 1.54) is 5.75 Å². The van der Waals surface area contributed by atoms with Crippen molar-refractivity contribution in [2.24, 2.45) is 5.92 Å². The van der Waals surface area contributed by atoms with Gasteiger partial charge in [0.1, 0.15) is 0 Å². The maximum Gasteiger partial charge on any atom is 0.0950 e. The molecule has 0 amide bonds. The molecule has 17 heavy (non-hydrogen) atoms. The van der Waals surface area contributed by atoms with Crippen LogP contribution < -0.4 is 5.32 Å². The van der Waals surface area contributed by atoms with Gasteiger partial charge in [-0.15, -0.1) is 0 Å². The van der Waals surface area contributed by atoms with E-state index in [0.29, 0.717) is 5.92 Å². The Morgan fingerprint density at radius 2 is 2.18 bits per heavy atom. The SMILES string of the molecule is CSCC(C)CNc1cnnc2ccccc12. The minimum atomic E-state index is 0.650. The first-order valence-corrected chi connectivity index (χ1v) is 7.14.